The summed E-state index contributed by atoms with van der Waals surface area (Å²) in [4.78, 5) is 11.4. The van der Waals surface area contributed by atoms with Crippen LogP contribution in [0.4, 0.5) is 0 Å². The van der Waals surface area contributed by atoms with Gasteiger partial charge in [-0.25, -0.2) is 0 Å². The van der Waals surface area contributed by atoms with Gasteiger partial charge in [-0.3, -0.25) is 4.79 Å². The molecule has 1 atom stereocenters. The fourth-order valence-corrected chi connectivity index (χ4v) is 3.23. The van der Waals surface area contributed by atoms with Crippen molar-refractivity contribution in [3.63, 3.8) is 0 Å². The van der Waals surface area contributed by atoms with E-state index >= 15 is 0 Å². The fourth-order valence-electron chi connectivity index (χ4n) is 3.23. The van der Waals surface area contributed by atoms with Crippen LogP contribution in [0.15, 0.2) is 0 Å². The van der Waals surface area contributed by atoms with Crippen LogP contribution in [0.2, 0.25) is 0 Å². The molecule has 1 heterocycles. The summed E-state index contributed by atoms with van der Waals surface area (Å²) in [6.45, 7) is 8.30. The van der Waals surface area contributed by atoms with Gasteiger partial charge in [-0.15, -0.1) is 0 Å². The number of hydrogen-bond donors (Lipinski definition) is 0. The number of benzene rings is 1. The first-order chi connectivity index (χ1) is 10.3. The average molecular weight is 306 g/mol. The Morgan fingerprint density at radius 2 is 1.86 bits per heavy atom. The Morgan fingerprint density at radius 3 is 2.45 bits per heavy atom. The van der Waals surface area contributed by atoms with Crippen molar-refractivity contribution in [2.75, 3.05) is 14.2 Å². The van der Waals surface area contributed by atoms with E-state index in [1.807, 2.05) is 0 Å². The smallest absolute Gasteiger partial charge is 0.305 e. The molecule has 1 aliphatic rings. The molecule has 4 heteroatoms. The molecule has 1 aliphatic heterocycles. The van der Waals surface area contributed by atoms with Gasteiger partial charge in [0.05, 0.1) is 14.2 Å². The predicted octanol–water partition coefficient (Wildman–Crippen LogP) is 3.66. The lowest BCUT2D eigenvalue weighted by atomic mass is 9.85. The highest BCUT2D eigenvalue weighted by Crippen LogP contribution is 2.44. The Balaban J connectivity index is 2.32. The van der Waals surface area contributed by atoms with Gasteiger partial charge in [0, 0.05) is 12.0 Å². The molecule has 0 N–H and O–H groups in total. The maximum Gasteiger partial charge on any atom is 0.305 e. The number of carbonyl (C=O) groups is 1. The van der Waals surface area contributed by atoms with Gasteiger partial charge >= 0.3 is 5.97 Å². The van der Waals surface area contributed by atoms with Crippen LogP contribution in [0, 0.1) is 20.8 Å². The van der Waals surface area contributed by atoms with E-state index in [2.05, 4.69) is 27.7 Å². The Morgan fingerprint density at radius 1 is 1.18 bits per heavy atom. The van der Waals surface area contributed by atoms with Crippen LogP contribution in [0.1, 0.15) is 48.4 Å². The molecule has 0 saturated carbocycles. The second-order valence-electron chi connectivity index (χ2n) is 6.34. The summed E-state index contributed by atoms with van der Waals surface area (Å²) in [5.41, 5.74) is 4.32. The van der Waals surface area contributed by atoms with E-state index in [0.29, 0.717) is 12.8 Å². The molecule has 0 aromatic heterocycles. The van der Waals surface area contributed by atoms with Crippen molar-refractivity contribution in [3.05, 3.63) is 22.3 Å². The highest BCUT2D eigenvalue weighted by Gasteiger charge is 2.35. The third-order valence-corrected chi connectivity index (χ3v) is 4.85. The molecule has 1 unspecified atom stereocenters. The standard InChI is InChI=1S/C18H26O4/c1-11-12(2)17-14(13(3)16(11)21-6)7-9-18(4,22-17)10-8-15(19)20-5/h7-10H2,1-6H3. The van der Waals surface area contributed by atoms with Crippen molar-refractivity contribution in [3.8, 4) is 11.5 Å². The topological polar surface area (TPSA) is 44.8 Å². The molecule has 2 rings (SSSR count). The summed E-state index contributed by atoms with van der Waals surface area (Å²) in [7, 11) is 3.14. The number of hydrogen-bond acceptors (Lipinski definition) is 4. The summed E-state index contributed by atoms with van der Waals surface area (Å²) >= 11 is 0. The van der Waals surface area contributed by atoms with E-state index in [-0.39, 0.29) is 11.6 Å². The molecule has 0 spiro atoms. The molecule has 1 aromatic carbocycles. The Bertz CT molecular complexity index is 591. The molecule has 0 bridgehead atoms. The lowest BCUT2D eigenvalue weighted by Gasteiger charge is -2.38. The summed E-state index contributed by atoms with van der Waals surface area (Å²) < 4.78 is 16.6. The maximum atomic E-state index is 11.4. The van der Waals surface area contributed by atoms with E-state index in [0.717, 1.165) is 41.0 Å². The third kappa shape index (κ3) is 2.92. The first-order valence-electron chi connectivity index (χ1n) is 7.75. The third-order valence-electron chi connectivity index (χ3n) is 4.85. The Hall–Kier alpha value is -1.71. The first kappa shape index (κ1) is 16.7. The SMILES string of the molecule is COC(=O)CCC1(C)CCc2c(C)c(OC)c(C)c(C)c2O1. The van der Waals surface area contributed by atoms with E-state index < -0.39 is 0 Å². The maximum absolute atomic E-state index is 11.4. The molecule has 0 saturated heterocycles. The van der Waals surface area contributed by atoms with Crippen molar-refractivity contribution in [2.24, 2.45) is 0 Å². The van der Waals surface area contributed by atoms with Crippen LogP contribution in [0.3, 0.4) is 0 Å². The zero-order valence-electron chi connectivity index (χ0n) is 14.5. The van der Waals surface area contributed by atoms with Gasteiger partial charge in [-0.1, -0.05) is 0 Å². The second kappa shape index (κ2) is 6.19. The largest absolute Gasteiger partial charge is 0.496 e. The Labute approximate surface area is 132 Å². The summed E-state index contributed by atoms with van der Waals surface area (Å²) in [6.07, 6.45) is 2.89. The van der Waals surface area contributed by atoms with Crippen molar-refractivity contribution in [2.45, 2.75) is 59.0 Å². The van der Waals surface area contributed by atoms with Gasteiger partial charge in [-0.2, -0.15) is 0 Å². The average Bonchev–Trinajstić information content (AvgIpc) is 2.51. The molecule has 22 heavy (non-hydrogen) atoms. The van der Waals surface area contributed by atoms with Crippen molar-refractivity contribution >= 4 is 5.97 Å². The monoisotopic (exact) mass is 306 g/mol. The van der Waals surface area contributed by atoms with E-state index in [1.165, 1.54) is 12.7 Å². The van der Waals surface area contributed by atoms with Gasteiger partial charge in [0.15, 0.2) is 0 Å². The molecule has 4 nitrogen and oxygen atoms in total. The normalized spacial score (nSPS) is 20.1. The molecule has 1 aromatic rings. The summed E-state index contributed by atoms with van der Waals surface area (Å²) in [5.74, 6) is 1.74. The molecule has 122 valence electrons. The number of esters is 1. The number of fused-ring (bicyclic) bond motifs is 1. The molecular weight excluding hydrogens is 280 g/mol. The Kier molecular flexibility index (Phi) is 4.69. The summed E-state index contributed by atoms with van der Waals surface area (Å²) in [6, 6.07) is 0. The van der Waals surface area contributed by atoms with Crippen LogP contribution in [0.5, 0.6) is 11.5 Å². The van der Waals surface area contributed by atoms with Gasteiger partial charge in [-0.05, 0) is 63.6 Å². The van der Waals surface area contributed by atoms with Gasteiger partial charge in [0.1, 0.15) is 17.1 Å². The second-order valence-corrected chi connectivity index (χ2v) is 6.34. The number of methoxy groups -OCH3 is 2. The van der Waals surface area contributed by atoms with Crippen LogP contribution >= 0.6 is 0 Å². The number of rotatable bonds is 4. The van der Waals surface area contributed by atoms with E-state index in [4.69, 9.17) is 14.2 Å². The zero-order chi connectivity index (χ0) is 16.5. The van der Waals surface area contributed by atoms with Gasteiger partial charge in [0.25, 0.3) is 0 Å². The minimum atomic E-state index is -0.320. The molecular formula is C18H26O4. The van der Waals surface area contributed by atoms with Crippen LogP contribution in [-0.4, -0.2) is 25.8 Å². The molecule has 0 amide bonds. The minimum absolute atomic E-state index is 0.186. The predicted molar refractivity (Wildman–Crippen MR) is 85.8 cm³/mol. The first-order valence-corrected chi connectivity index (χ1v) is 7.75. The number of ether oxygens (including phenoxy) is 3. The fraction of sp³-hybridized carbons (Fsp3) is 0.611. The van der Waals surface area contributed by atoms with Crippen LogP contribution < -0.4 is 9.47 Å². The summed E-state index contributed by atoms with van der Waals surface area (Å²) in [5, 5.41) is 0. The van der Waals surface area contributed by atoms with Crippen LogP contribution in [-0.2, 0) is 16.0 Å². The lowest BCUT2D eigenvalue weighted by Crippen LogP contribution is -2.37. The highest BCUT2D eigenvalue weighted by molar-refractivity contribution is 5.69. The van der Waals surface area contributed by atoms with Crippen molar-refractivity contribution in [1.29, 1.82) is 0 Å². The molecule has 0 fully saturated rings. The van der Waals surface area contributed by atoms with Crippen molar-refractivity contribution in [1.82, 2.24) is 0 Å². The van der Waals surface area contributed by atoms with Gasteiger partial charge < -0.3 is 14.2 Å². The van der Waals surface area contributed by atoms with Gasteiger partial charge in [0.2, 0.25) is 0 Å². The zero-order valence-corrected chi connectivity index (χ0v) is 14.5. The van der Waals surface area contributed by atoms with Crippen molar-refractivity contribution < 1.29 is 19.0 Å². The number of carbonyl (C=O) groups excluding carboxylic acids is 1. The molecule has 0 radical (unpaired) electrons. The van der Waals surface area contributed by atoms with E-state index in [1.54, 1.807) is 7.11 Å². The highest BCUT2D eigenvalue weighted by atomic mass is 16.5. The quantitative estimate of drug-likeness (QED) is 0.796. The van der Waals surface area contributed by atoms with E-state index in [9.17, 15) is 4.79 Å². The van der Waals surface area contributed by atoms with Crippen LogP contribution in [0.25, 0.3) is 0 Å². The lowest BCUT2D eigenvalue weighted by molar-refractivity contribution is -0.141. The molecule has 0 aliphatic carbocycles. The minimum Gasteiger partial charge on any atom is -0.496 e.